The van der Waals surface area contributed by atoms with Crippen LogP contribution in [0.25, 0.3) is 0 Å². The fraction of sp³-hybridized carbons (Fsp3) is 0.615. The number of carbonyl (C=O) groups excluding carboxylic acids is 1. The summed E-state index contributed by atoms with van der Waals surface area (Å²) < 4.78 is 22.0. The van der Waals surface area contributed by atoms with Crippen molar-refractivity contribution in [2.24, 2.45) is 5.73 Å². The van der Waals surface area contributed by atoms with Crippen LogP contribution in [0, 0.1) is 0 Å². The number of hydrogen-bond donors (Lipinski definition) is 4. The van der Waals surface area contributed by atoms with Crippen molar-refractivity contribution in [1.82, 2.24) is 5.32 Å². The monoisotopic (exact) mass is 690 g/mol. The molecule has 0 saturated carbocycles. The van der Waals surface area contributed by atoms with Crippen molar-refractivity contribution in [1.29, 1.82) is 0 Å². The van der Waals surface area contributed by atoms with Crippen molar-refractivity contribution < 1.29 is 28.4 Å². The lowest BCUT2D eigenvalue weighted by molar-refractivity contribution is -0.123. The minimum atomic E-state index is -4.36. The van der Waals surface area contributed by atoms with E-state index in [2.05, 4.69) is 92.1 Å². The van der Waals surface area contributed by atoms with Gasteiger partial charge in [-0.05, 0) is 83.5 Å². The van der Waals surface area contributed by atoms with E-state index in [1.54, 1.807) is 6.08 Å². The van der Waals surface area contributed by atoms with Crippen LogP contribution in [0.5, 0.6) is 0 Å². The van der Waals surface area contributed by atoms with Crippen LogP contribution in [0.1, 0.15) is 123 Å². The van der Waals surface area contributed by atoms with E-state index in [1.807, 2.05) is 6.08 Å². The molecule has 0 rings (SSSR count). The van der Waals surface area contributed by atoms with Gasteiger partial charge in [-0.2, -0.15) is 0 Å². The summed E-state index contributed by atoms with van der Waals surface area (Å²) >= 11 is 0. The molecule has 0 heterocycles. The fourth-order valence-corrected chi connectivity index (χ4v) is 5.20. The smallest absolute Gasteiger partial charge is 0.387 e. The highest BCUT2D eigenvalue weighted by Gasteiger charge is 2.26. The number of hydrogen-bond acceptors (Lipinski definition) is 6. The van der Waals surface area contributed by atoms with Crippen LogP contribution in [-0.4, -0.2) is 47.8 Å². The number of rotatable bonds is 32. The molecular weight excluding hydrogens is 623 g/mol. The lowest BCUT2D eigenvalue weighted by Crippen LogP contribution is -2.45. The molecule has 0 aliphatic rings. The van der Waals surface area contributed by atoms with E-state index in [9.17, 15) is 19.4 Å². The minimum absolute atomic E-state index is 0.0601. The van der Waals surface area contributed by atoms with Gasteiger partial charge in [0.1, 0.15) is 0 Å². The third-order valence-electron chi connectivity index (χ3n) is 7.18. The molecule has 3 atom stereocenters. The zero-order valence-corrected chi connectivity index (χ0v) is 30.8. The Hall–Kier alpha value is -2.32. The van der Waals surface area contributed by atoms with Crippen LogP contribution in [0.4, 0.5) is 0 Å². The summed E-state index contributed by atoms with van der Waals surface area (Å²) in [6.45, 7) is 3.89. The first-order valence-corrected chi connectivity index (χ1v) is 19.7. The standard InChI is InChI=1S/C39H67N2O6P/c1-3-5-7-9-11-13-15-17-19-21-23-25-27-29-31-33-39(43)41-37(36-47-48(44,45)46-35-34-40)38(42)32-30-28-26-24-22-20-18-16-14-12-10-8-6-4-2/h5,7,11,13-14,16-17,19,22-25,30,32,37-38,42H,3-4,6,8-10,12,15,18,20-21,26-29,31,33-36,40H2,1-2H3,(H,41,43)(H,44,45)/b7-5-,13-11-,16-14+,19-17-,24-22+,25-23-,32-30+. The van der Waals surface area contributed by atoms with Gasteiger partial charge in [-0.3, -0.25) is 13.8 Å². The van der Waals surface area contributed by atoms with Gasteiger partial charge in [0.15, 0.2) is 0 Å². The van der Waals surface area contributed by atoms with Crippen LogP contribution < -0.4 is 11.1 Å². The maximum atomic E-state index is 12.7. The van der Waals surface area contributed by atoms with Gasteiger partial charge in [-0.1, -0.05) is 118 Å². The molecule has 0 aliphatic carbocycles. The Balaban J connectivity index is 4.54. The number of allylic oxidation sites excluding steroid dienone is 13. The molecule has 48 heavy (non-hydrogen) atoms. The summed E-state index contributed by atoms with van der Waals surface area (Å²) in [4.78, 5) is 22.5. The Morgan fingerprint density at radius 3 is 1.81 bits per heavy atom. The van der Waals surface area contributed by atoms with Gasteiger partial charge >= 0.3 is 7.82 Å². The molecule has 8 nitrogen and oxygen atoms in total. The summed E-state index contributed by atoms with van der Waals surface area (Å²) in [6, 6.07) is -0.908. The fourth-order valence-electron chi connectivity index (χ4n) is 4.44. The van der Waals surface area contributed by atoms with E-state index in [0.29, 0.717) is 6.42 Å². The van der Waals surface area contributed by atoms with Gasteiger partial charge in [0, 0.05) is 13.0 Å². The Kier molecular flexibility index (Phi) is 32.9. The zero-order chi connectivity index (χ0) is 35.4. The van der Waals surface area contributed by atoms with Gasteiger partial charge in [-0.25, -0.2) is 4.57 Å². The zero-order valence-electron chi connectivity index (χ0n) is 29.9. The van der Waals surface area contributed by atoms with E-state index in [0.717, 1.165) is 70.6 Å². The van der Waals surface area contributed by atoms with Crippen LogP contribution in [-0.2, 0) is 18.4 Å². The molecule has 0 aromatic carbocycles. The molecule has 3 unspecified atom stereocenters. The predicted molar refractivity (Wildman–Crippen MR) is 203 cm³/mol. The molecule has 0 spiro atoms. The number of carbonyl (C=O) groups is 1. The van der Waals surface area contributed by atoms with Gasteiger partial charge in [0.05, 0.1) is 25.4 Å². The molecule has 0 aromatic heterocycles. The van der Waals surface area contributed by atoms with Gasteiger partial charge in [-0.15, -0.1) is 0 Å². The first kappa shape index (κ1) is 45.7. The van der Waals surface area contributed by atoms with E-state index in [4.69, 9.17) is 14.8 Å². The molecule has 9 heteroatoms. The Labute approximate surface area is 292 Å². The third-order valence-corrected chi connectivity index (χ3v) is 8.17. The molecule has 5 N–H and O–H groups in total. The second-order valence-electron chi connectivity index (χ2n) is 11.7. The highest BCUT2D eigenvalue weighted by Crippen LogP contribution is 2.43. The number of phosphoric acid groups is 1. The molecule has 0 aromatic rings. The van der Waals surface area contributed by atoms with Crippen molar-refractivity contribution in [3.8, 4) is 0 Å². The minimum Gasteiger partial charge on any atom is -0.387 e. The number of nitrogens with two attached hydrogens (primary N) is 1. The molecule has 274 valence electrons. The van der Waals surface area contributed by atoms with Crippen LogP contribution in [0.3, 0.4) is 0 Å². The lowest BCUT2D eigenvalue weighted by atomic mass is 10.1. The first-order valence-electron chi connectivity index (χ1n) is 18.2. The Morgan fingerprint density at radius 1 is 0.708 bits per heavy atom. The maximum absolute atomic E-state index is 12.7. The predicted octanol–water partition coefficient (Wildman–Crippen LogP) is 9.49. The highest BCUT2D eigenvalue weighted by atomic mass is 31.2. The largest absolute Gasteiger partial charge is 0.472 e. The van der Waals surface area contributed by atoms with Crippen LogP contribution in [0.15, 0.2) is 85.1 Å². The van der Waals surface area contributed by atoms with Crippen LogP contribution >= 0.6 is 7.82 Å². The van der Waals surface area contributed by atoms with Crippen molar-refractivity contribution in [3.05, 3.63) is 85.1 Å². The SMILES string of the molecule is CC/C=C\C/C=C\C/C=C\C/C=C\CCCCC(=O)NC(COP(=O)(O)OCCN)C(O)/C=C/CC/C=C/CC/C=C/CCCCCC. The average molecular weight is 691 g/mol. The molecule has 1 amide bonds. The average Bonchev–Trinajstić information content (AvgIpc) is 3.07. The van der Waals surface area contributed by atoms with Crippen molar-refractivity contribution >= 4 is 13.7 Å². The third kappa shape index (κ3) is 32.2. The highest BCUT2D eigenvalue weighted by molar-refractivity contribution is 7.47. The summed E-state index contributed by atoms with van der Waals surface area (Å²) in [7, 11) is -4.36. The first-order chi connectivity index (χ1) is 23.4. The lowest BCUT2D eigenvalue weighted by Gasteiger charge is -2.23. The number of nitrogens with one attached hydrogen (secondary N) is 1. The van der Waals surface area contributed by atoms with E-state index >= 15 is 0 Å². The molecule has 0 radical (unpaired) electrons. The molecule has 0 fully saturated rings. The molecular formula is C39H67N2O6P. The summed E-state index contributed by atoms with van der Waals surface area (Å²) in [6.07, 6.45) is 44.9. The number of phosphoric ester groups is 1. The van der Waals surface area contributed by atoms with Gasteiger partial charge in [0.25, 0.3) is 0 Å². The second kappa shape index (κ2) is 34.5. The van der Waals surface area contributed by atoms with Crippen molar-refractivity contribution in [3.63, 3.8) is 0 Å². The maximum Gasteiger partial charge on any atom is 0.472 e. The molecule has 0 bridgehead atoms. The number of aliphatic hydroxyl groups excluding tert-OH is 1. The number of aliphatic hydroxyl groups is 1. The van der Waals surface area contributed by atoms with Crippen molar-refractivity contribution in [2.45, 2.75) is 135 Å². The van der Waals surface area contributed by atoms with Gasteiger partial charge < -0.3 is 21.1 Å². The number of amides is 1. The van der Waals surface area contributed by atoms with E-state index in [1.165, 1.54) is 25.7 Å². The summed E-state index contributed by atoms with van der Waals surface area (Å²) in [5.41, 5.74) is 5.34. The Morgan fingerprint density at radius 2 is 1.23 bits per heavy atom. The van der Waals surface area contributed by atoms with Gasteiger partial charge in [0.2, 0.25) is 5.91 Å². The molecule has 0 saturated heterocycles. The van der Waals surface area contributed by atoms with E-state index in [-0.39, 0.29) is 32.1 Å². The Bertz CT molecular complexity index is 1020. The van der Waals surface area contributed by atoms with Crippen LogP contribution in [0.2, 0.25) is 0 Å². The summed E-state index contributed by atoms with van der Waals surface area (Å²) in [5.74, 6) is -0.255. The topological polar surface area (TPSA) is 131 Å². The van der Waals surface area contributed by atoms with Crippen molar-refractivity contribution in [2.75, 3.05) is 19.8 Å². The quantitative estimate of drug-likeness (QED) is 0.0314. The normalized spacial score (nSPS) is 15.4. The second-order valence-corrected chi connectivity index (χ2v) is 13.1. The molecule has 0 aliphatic heterocycles. The number of unbranched alkanes of at least 4 members (excludes halogenated alkanes) is 8. The van der Waals surface area contributed by atoms with E-state index < -0.39 is 20.0 Å². The summed E-state index contributed by atoms with van der Waals surface area (Å²) in [5, 5.41) is 13.5.